The first-order chi connectivity index (χ1) is 17.5. The van der Waals surface area contributed by atoms with Gasteiger partial charge in [-0.2, -0.15) is 0 Å². The molecule has 1 aliphatic carbocycles. The van der Waals surface area contributed by atoms with Crippen LogP contribution in [0, 0.1) is 5.92 Å². The molecule has 2 aliphatic rings. The average molecular weight is 498 g/mol. The van der Waals surface area contributed by atoms with Crippen LogP contribution in [0.2, 0.25) is 0 Å². The van der Waals surface area contributed by atoms with E-state index in [1.807, 2.05) is 49.9 Å². The maximum Gasteiger partial charge on any atom is 0.254 e. The quantitative estimate of drug-likeness (QED) is 0.500. The molecule has 2 fully saturated rings. The van der Waals surface area contributed by atoms with Gasteiger partial charge in [0.05, 0.1) is 38.6 Å². The lowest BCUT2D eigenvalue weighted by atomic mass is 9.66. The highest BCUT2D eigenvalue weighted by molar-refractivity contribution is 5.96. The first kappa shape index (κ1) is 26.1. The first-order valence-corrected chi connectivity index (χ1v) is 13.2. The monoisotopic (exact) mass is 497 g/mol. The Morgan fingerprint density at radius 2 is 1.61 bits per heavy atom. The zero-order valence-electron chi connectivity index (χ0n) is 21.9. The van der Waals surface area contributed by atoms with Gasteiger partial charge in [-0.15, -0.1) is 0 Å². The van der Waals surface area contributed by atoms with Crippen LogP contribution in [0.25, 0.3) is 0 Å². The molecule has 0 radical (unpaired) electrons. The van der Waals surface area contributed by atoms with E-state index in [4.69, 9.17) is 18.9 Å². The molecule has 196 valence electrons. The van der Waals surface area contributed by atoms with Crippen LogP contribution in [0.5, 0.6) is 23.0 Å². The Balaban J connectivity index is 1.76. The van der Waals surface area contributed by atoms with Crippen LogP contribution in [0.3, 0.4) is 0 Å². The number of ether oxygens (including phenoxy) is 4. The van der Waals surface area contributed by atoms with Gasteiger partial charge in [-0.25, -0.2) is 0 Å². The van der Waals surface area contributed by atoms with Crippen molar-refractivity contribution in [3.8, 4) is 23.0 Å². The predicted octanol–water partition coefficient (Wildman–Crippen LogP) is 5.40. The topological polar surface area (TPSA) is 77.5 Å². The summed E-state index contributed by atoms with van der Waals surface area (Å²) in [6.07, 6.45) is 4.30. The molecule has 3 unspecified atom stereocenters. The molecule has 0 bridgehead atoms. The normalized spacial score (nSPS) is 23.5. The lowest BCUT2D eigenvalue weighted by Crippen LogP contribution is -2.56. The lowest BCUT2D eigenvalue weighted by molar-refractivity contribution is -0.115. The number of aliphatic hydroxyl groups is 1. The predicted molar refractivity (Wildman–Crippen MR) is 138 cm³/mol. The minimum absolute atomic E-state index is 0.0298. The van der Waals surface area contributed by atoms with E-state index in [1.54, 1.807) is 19.2 Å². The minimum atomic E-state index is -0.759. The average Bonchev–Trinajstić information content (AvgIpc) is 2.89. The number of fused-ring (bicyclic) bond motifs is 1. The van der Waals surface area contributed by atoms with Gasteiger partial charge in [0, 0.05) is 18.0 Å². The molecular formula is C29H39NO6. The molecule has 1 amide bonds. The number of hydrogen-bond acceptors (Lipinski definition) is 6. The number of methoxy groups -OCH3 is 1. The molecule has 2 aromatic rings. The summed E-state index contributed by atoms with van der Waals surface area (Å²) < 4.78 is 22.9. The summed E-state index contributed by atoms with van der Waals surface area (Å²) in [5, 5.41) is 11.6. The highest BCUT2D eigenvalue weighted by Crippen LogP contribution is 2.50. The van der Waals surface area contributed by atoms with Crippen molar-refractivity contribution in [2.24, 2.45) is 5.92 Å². The van der Waals surface area contributed by atoms with E-state index in [0.717, 1.165) is 37.0 Å². The van der Waals surface area contributed by atoms with Crippen LogP contribution in [-0.2, 0) is 0 Å². The zero-order valence-corrected chi connectivity index (χ0v) is 21.9. The van der Waals surface area contributed by atoms with E-state index in [1.165, 1.54) is 0 Å². The fourth-order valence-electron chi connectivity index (χ4n) is 5.80. The highest BCUT2D eigenvalue weighted by Gasteiger charge is 2.50. The summed E-state index contributed by atoms with van der Waals surface area (Å²) in [6, 6.07) is 11.1. The molecule has 1 aliphatic heterocycles. The van der Waals surface area contributed by atoms with Crippen molar-refractivity contribution < 1.29 is 28.8 Å². The fraction of sp³-hybridized carbons (Fsp3) is 0.552. The Hall–Kier alpha value is -2.93. The van der Waals surface area contributed by atoms with Crippen molar-refractivity contribution in [1.29, 1.82) is 0 Å². The van der Waals surface area contributed by atoms with E-state index < -0.39 is 5.60 Å². The van der Waals surface area contributed by atoms with Gasteiger partial charge in [-0.1, -0.05) is 25.0 Å². The van der Waals surface area contributed by atoms with Gasteiger partial charge < -0.3 is 29.0 Å². The molecule has 0 spiro atoms. The van der Waals surface area contributed by atoms with Crippen molar-refractivity contribution in [2.45, 2.75) is 64.5 Å². The van der Waals surface area contributed by atoms with Gasteiger partial charge in [0.25, 0.3) is 5.91 Å². The molecule has 0 aromatic heterocycles. The smallest absolute Gasteiger partial charge is 0.254 e. The molecule has 7 heteroatoms. The standard InChI is InChI=1S/C29H39NO6/c1-5-34-24-18-21(19-25(35-6-2)27(24)36-7-3)28(31)30-17-16-29(32)15-9-8-10-23(29)26(30)20-11-13-22(33-4)14-12-20/h11-14,18-19,23,26,32H,5-10,15-17H2,1-4H3. The van der Waals surface area contributed by atoms with E-state index in [2.05, 4.69) is 0 Å². The number of piperidine rings is 1. The molecule has 1 heterocycles. The Labute approximate surface area is 214 Å². The maximum atomic E-state index is 14.1. The van der Waals surface area contributed by atoms with Crippen LogP contribution in [0.15, 0.2) is 36.4 Å². The highest BCUT2D eigenvalue weighted by atomic mass is 16.5. The summed E-state index contributed by atoms with van der Waals surface area (Å²) in [6.45, 7) is 7.52. The van der Waals surface area contributed by atoms with E-state index in [9.17, 15) is 9.90 Å². The number of nitrogens with zero attached hydrogens (tertiary/aromatic N) is 1. The fourth-order valence-corrected chi connectivity index (χ4v) is 5.80. The second-order valence-corrected chi connectivity index (χ2v) is 9.52. The summed E-state index contributed by atoms with van der Waals surface area (Å²) in [5.74, 6) is 2.15. The van der Waals surface area contributed by atoms with Crippen LogP contribution >= 0.6 is 0 Å². The first-order valence-electron chi connectivity index (χ1n) is 13.2. The van der Waals surface area contributed by atoms with E-state index in [0.29, 0.717) is 55.6 Å². The Kier molecular flexibility index (Phi) is 8.29. The van der Waals surface area contributed by atoms with E-state index in [-0.39, 0.29) is 17.9 Å². The third-order valence-electron chi connectivity index (χ3n) is 7.44. The Bertz CT molecular complexity index is 1010. The Morgan fingerprint density at radius 3 is 2.19 bits per heavy atom. The molecule has 7 nitrogen and oxygen atoms in total. The van der Waals surface area contributed by atoms with Gasteiger partial charge in [-0.05, 0) is 69.9 Å². The number of carbonyl (C=O) groups excluding carboxylic acids is 1. The number of carbonyl (C=O) groups is 1. The molecule has 4 rings (SSSR count). The summed E-state index contributed by atoms with van der Waals surface area (Å²) in [7, 11) is 1.64. The number of benzene rings is 2. The molecule has 2 aromatic carbocycles. The third kappa shape index (κ3) is 5.12. The van der Waals surface area contributed by atoms with E-state index >= 15 is 0 Å². The van der Waals surface area contributed by atoms with Gasteiger partial charge in [-0.3, -0.25) is 4.79 Å². The SMILES string of the molecule is CCOc1cc(C(=O)N2CCC3(O)CCCCC3C2c2ccc(OC)cc2)cc(OCC)c1OCC. The molecule has 36 heavy (non-hydrogen) atoms. The van der Waals surface area contributed by atoms with Gasteiger partial charge >= 0.3 is 0 Å². The van der Waals surface area contributed by atoms with Gasteiger partial charge in [0.1, 0.15) is 5.75 Å². The largest absolute Gasteiger partial charge is 0.497 e. The van der Waals surface area contributed by atoms with Crippen LogP contribution in [0.4, 0.5) is 0 Å². The molecule has 1 saturated heterocycles. The Morgan fingerprint density at radius 1 is 0.972 bits per heavy atom. The van der Waals surface area contributed by atoms with Crippen LogP contribution in [-0.4, -0.2) is 55.0 Å². The lowest BCUT2D eigenvalue weighted by Gasteiger charge is -2.52. The number of rotatable bonds is 9. The van der Waals surface area contributed by atoms with Gasteiger partial charge in [0.15, 0.2) is 11.5 Å². The van der Waals surface area contributed by atoms with Crippen molar-refractivity contribution in [1.82, 2.24) is 4.90 Å². The summed E-state index contributed by atoms with van der Waals surface area (Å²) in [5.41, 5.74) is 0.742. The molecule has 1 N–H and O–H groups in total. The van der Waals surface area contributed by atoms with Gasteiger partial charge in [0.2, 0.25) is 5.75 Å². The van der Waals surface area contributed by atoms with Crippen molar-refractivity contribution in [3.63, 3.8) is 0 Å². The number of likely N-dealkylation sites (tertiary alicyclic amines) is 1. The zero-order chi connectivity index (χ0) is 25.7. The minimum Gasteiger partial charge on any atom is -0.497 e. The molecular weight excluding hydrogens is 458 g/mol. The number of amides is 1. The molecule has 3 atom stereocenters. The van der Waals surface area contributed by atoms with Crippen molar-refractivity contribution >= 4 is 5.91 Å². The van der Waals surface area contributed by atoms with Crippen molar-refractivity contribution in [3.05, 3.63) is 47.5 Å². The summed E-state index contributed by atoms with van der Waals surface area (Å²) >= 11 is 0. The third-order valence-corrected chi connectivity index (χ3v) is 7.44. The number of hydrogen-bond donors (Lipinski definition) is 1. The second-order valence-electron chi connectivity index (χ2n) is 9.52. The van der Waals surface area contributed by atoms with Crippen LogP contribution in [0.1, 0.15) is 74.8 Å². The summed E-state index contributed by atoms with van der Waals surface area (Å²) in [4.78, 5) is 16.1. The molecule has 1 saturated carbocycles. The second kappa shape index (κ2) is 11.4. The van der Waals surface area contributed by atoms with Crippen molar-refractivity contribution in [2.75, 3.05) is 33.5 Å². The van der Waals surface area contributed by atoms with Crippen LogP contribution < -0.4 is 18.9 Å². The maximum absolute atomic E-state index is 14.1.